The van der Waals surface area contributed by atoms with Gasteiger partial charge in [0.1, 0.15) is 0 Å². The molecule has 1 fully saturated rings. The summed E-state index contributed by atoms with van der Waals surface area (Å²) in [5, 5.41) is 2.91. The largest absolute Gasteiger partial charge is 0.342 e. The zero-order valence-electron chi connectivity index (χ0n) is 16.1. The van der Waals surface area contributed by atoms with Crippen LogP contribution in [0.5, 0.6) is 0 Å². The Bertz CT molecular complexity index is 651. The van der Waals surface area contributed by atoms with Crippen molar-refractivity contribution in [3.05, 3.63) is 29.3 Å². The Morgan fingerprint density at radius 3 is 2.65 bits per heavy atom. The Labute approximate surface area is 156 Å². The predicted molar refractivity (Wildman–Crippen MR) is 104 cm³/mol. The van der Waals surface area contributed by atoms with Crippen LogP contribution in [0.15, 0.2) is 18.2 Å². The topological polar surface area (TPSA) is 52.7 Å². The van der Waals surface area contributed by atoms with Crippen molar-refractivity contribution >= 4 is 17.5 Å². The summed E-state index contributed by atoms with van der Waals surface area (Å²) in [6.07, 6.45) is 5.43. The number of hydrogen-bond donors (Lipinski definition) is 1. The van der Waals surface area contributed by atoms with Crippen LogP contribution in [0.25, 0.3) is 0 Å². The van der Waals surface area contributed by atoms with E-state index in [1.54, 1.807) is 0 Å². The first kappa shape index (κ1) is 18.9. The van der Waals surface area contributed by atoms with Crippen molar-refractivity contribution in [2.24, 2.45) is 0 Å². The average molecular weight is 357 g/mol. The van der Waals surface area contributed by atoms with E-state index in [0.29, 0.717) is 6.54 Å². The van der Waals surface area contributed by atoms with Crippen molar-refractivity contribution in [2.45, 2.75) is 51.9 Å². The highest BCUT2D eigenvalue weighted by Gasteiger charge is 2.33. The molecule has 0 aromatic heterocycles. The van der Waals surface area contributed by atoms with Crippen LogP contribution < -0.4 is 5.32 Å². The fraction of sp³-hybridized carbons (Fsp3) is 0.619. The summed E-state index contributed by atoms with van der Waals surface area (Å²) in [5.74, 6) is -0.330. The molecule has 0 saturated carbocycles. The van der Waals surface area contributed by atoms with Gasteiger partial charge >= 0.3 is 0 Å². The minimum atomic E-state index is -0.357. The van der Waals surface area contributed by atoms with Crippen molar-refractivity contribution in [3.63, 3.8) is 0 Å². The van der Waals surface area contributed by atoms with Crippen molar-refractivity contribution in [3.8, 4) is 0 Å². The number of amides is 2. The number of nitrogens with one attached hydrogen (secondary N) is 1. The summed E-state index contributed by atoms with van der Waals surface area (Å²) in [4.78, 5) is 29.6. The fourth-order valence-corrected chi connectivity index (χ4v) is 4.03. The number of aryl methyl sites for hydroxylation is 1. The molecule has 5 nitrogen and oxygen atoms in total. The zero-order valence-corrected chi connectivity index (χ0v) is 16.1. The summed E-state index contributed by atoms with van der Waals surface area (Å²) < 4.78 is 0. The number of likely N-dealkylation sites (N-methyl/N-ethyl adjacent to an activating group) is 1. The second-order valence-electron chi connectivity index (χ2n) is 7.57. The van der Waals surface area contributed by atoms with Gasteiger partial charge in [-0.15, -0.1) is 0 Å². The Kier molecular flexibility index (Phi) is 6.30. The van der Waals surface area contributed by atoms with Gasteiger partial charge in [-0.1, -0.05) is 30.5 Å². The molecule has 1 saturated heterocycles. The minimum Gasteiger partial charge on any atom is -0.342 e. The predicted octanol–water partition coefficient (Wildman–Crippen LogP) is 3.15. The van der Waals surface area contributed by atoms with E-state index < -0.39 is 0 Å². The number of benzene rings is 1. The van der Waals surface area contributed by atoms with E-state index in [1.165, 1.54) is 25.7 Å². The molecule has 2 aliphatic rings. The fourth-order valence-electron chi connectivity index (χ4n) is 4.03. The molecule has 1 aromatic carbocycles. The van der Waals surface area contributed by atoms with E-state index in [4.69, 9.17) is 0 Å². The van der Waals surface area contributed by atoms with Crippen molar-refractivity contribution < 1.29 is 9.59 Å². The first-order valence-electron chi connectivity index (χ1n) is 10.00. The van der Waals surface area contributed by atoms with E-state index in [-0.39, 0.29) is 24.2 Å². The summed E-state index contributed by atoms with van der Waals surface area (Å²) in [6.45, 7) is 8.71. The number of nitrogens with zero attached hydrogens (tertiary/aromatic N) is 2. The van der Waals surface area contributed by atoms with E-state index in [2.05, 4.69) is 10.2 Å². The molecule has 0 bridgehead atoms. The lowest BCUT2D eigenvalue weighted by Gasteiger charge is -2.27. The third kappa shape index (κ3) is 4.44. The Hall–Kier alpha value is -1.88. The van der Waals surface area contributed by atoms with Gasteiger partial charge in [-0.05, 0) is 51.4 Å². The Morgan fingerprint density at radius 2 is 1.96 bits per heavy atom. The summed E-state index contributed by atoms with van der Waals surface area (Å²) in [5.41, 5.74) is 2.93. The molecule has 142 valence electrons. The number of anilines is 1. The van der Waals surface area contributed by atoms with Crippen LogP contribution in [0, 0.1) is 6.92 Å². The van der Waals surface area contributed by atoms with E-state index in [1.807, 2.05) is 36.9 Å². The minimum absolute atomic E-state index is 0.0532. The van der Waals surface area contributed by atoms with Crippen LogP contribution in [0.4, 0.5) is 5.69 Å². The van der Waals surface area contributed by atoms with Gasteiger partial charge in [0.15, 0.2) is 0 Å². The van der Waals surface area contributed by atoms with Gasteiger partial charge in [0.05, 0.1) is 5.92 Å². The molecule has 1 atom stereocenters. The highest BCUT2D eigenvalue weighted by molar-refractivity contribution is 6.05. The maximum absolute atomic E-state index is 12.8. The van der Waals surface area contributed by atoms with Crippen LogP contribution in [-0.2, 0) is 9.59 Å². The second-order valence-corrected chi connectivity index (χ2v) is 7.57. The highest BCUT2D eigenvalue weighted by Crippen LogP contribution is 2.35. The molecule has 0 unspecified atom stereocenters. The number of likely N-dealkylation sites (tertiary alicyclic amines) is 1. The van der Waals surface area contributed by atoms with Gasteiger partial charge in [-0.25, -0.2) is 0 Å². The molecule has 0 spiro atoms. The maximum Gasteiger partial charge on any atom is 0.232 e. The van der Waals surface area contributed by atoms with Crippen LogP contribution in [0.1, 0.15) is 56.1 Å². The third-order valence-electron chi connectivity index (χ3n) is 5.65. The molecule has 0 radical (unpaired) electrons. The van der Waals surface area contributed by atoms with Crippen LogP contribution in [0.3, 0.4) is 0 Å². The third-order valence-corrected chi connectivity index (χ3v) is 5.65. The normalized spacial score (nSPS) is 20.4. The van der Waals surface area contributed by atoms with Crippen molar-refractivity contribution in [1.29, 1.82) is 0 Å². The van der Waals surface area contributed by atoms with Crippen LogP contribution in [0.2, 0.25) is 0 Å². The van der Waals surface area contributed by atoms with Crippen LogP contribution in [-0.4, -0.2) is 54.3 Å². The smallest absolute Gasteiger partial charge is 0.232 e. The molecule has 2 amide bonds. The number of fused-ring (bicyclic) bond motifs is 1. The molecule has 2 heterocycles. The SMILES string of the molecule is CCN(CCN1CCCCCC1)C(=O)C[C@@H]1C(=O)Nc2ccc(C)cc21. The first-order chi connectivity index (χ1) is 12.6. The standard InChI is InChI=1S/C21H31N3O2/c1-3-24(13-12-23-10-6-4-5-7-11-23)20(25)15-18-17-14-16(2)8-9-19(17)22-21(18)26/h8-9,14,18H,3-7,10-13,15H2,1-2H3,(H,22,26)/t18-/m0/s1. The Morgan fingerprint density at radius 1 is 1.23 bits per heavy atom. The lowest BCUT2D eigenvalue weighted by molar-refractivity contribution is -0.133. The molecule has 1 N–H and O–H groups in total. The van der Waals surface area contributed by atoms with Crippen molar-refractivity contribution in [1.82, 2.24) is 9.80 Å². The number of rotatable bonds is 6. The lowest BCUT2D eigenvalue weighted by Crippen LogP contribution is -2.39. The summed E-state index contributed by atoms with van der Waals surface area (Å²) >= 11 is 0. The van der Waals surface area contributed by atoms with Gasteiger partial charge in [-0.2, -0.15) is 0 Å². The number of carbonyl (C=O) groups is 2. The van der Waals surface area contributed by atoms with Crippen LogP contribution >= 0.6 is 0 Å². The summed E-state index contributed by atoms with van der Waals surface area (Å²) in [7, 11) is 0. The molecule has 1 aromatic rings. The van der Waals surface area contributed by atoms with Gasteiger partial charge in [0.25, 0.3) is 0 Å². The van der Waals surface area contributed by atoms with E-state index in [0.717, 1.165) is 43.0 Å². The molecule has 26 heavy (non-hydrogen) atoms. The zero-order chi connectivity index (χ0) is 18.5. The van der Waals surface area contributed by atoms with Gasteiger partial charge < -0.3 is 15.1 Å². The van der Waals surface area contributed by atoms with Crippen molar-refractivity contribution in [2.75, 3.05) is 38.0 Å². The molecular weight excluding hydrogens is 326 g/mol. The first-order valence-corrected chi connectivity index (χ1v) is 10.00. The second kappa shape index (κ2) is 8.67. The number of carbonyl (C=O) groups excluding carboxylic acids is 2. The molecule has 3 rings (SSSR count). The monoisotopic (exact) mass is 357 g/mol. The van der Waals surface area contributed by atoms with E-state index >= 15 is 0 Å². The van der Waals surface area contributed by atoms with Gasteiger partial charge in [-0.3, -0.25) is 9.59 Å². The highest BCUT2D eigenvalue weighted by atomic mass is 16.2. The quantitative estimate of drug-likeness (QED) is 0.851. The molecule has 0 aliphatic carbocycles. The average Bonchev–Trinajstić information content (AvgIpc) is 2.80. The van der Waals surface area contributed by atoms with E-state index in [9.17, 15) is 9.59 Å². The lowest BCUT2D eigenvalue weighted by atomic mass is 9.95. The molecule has 5 heteroatoms. The molecule has 2 aliphatic heterocycles. The Balaban J connectivity index is 1.59. The summed E-state index contributed by atoms with van der Waals surface area (Å²) in [6, 6.07) is 5.95. The number of hydrogen-bond acceptors (Lipinski definition) is 3. The molecular formula is C21H31N3O2. The van der Waals surface area contributed by atoms with Gasteiger partial charge in [0, 0.05) is 31.7 Å². The maximum atomic E-state index is 12.8. The van der Waals surface area contributed by atoms with Gasteiger partial charge in [0.2, 0.25) is 11.8 Å².